The highest BCUT2D eigenvalue weighted by atomic mass is 127. The molecule has 1 unspecified atom stereocenters. The Bertz CT molecular complexity index is 717. The van der Waals surface area contributed by atoms with Crippen molar-refractivity contribution in [1.82, 2.24) is 15.6 Å². The van der Waals surface area contributed by atoms with E-state index in [2.05, 4.69) is 39.7 Å². The first-order valence-corrected chi connectivity index (χ1v) is 9.38. The van der Waals surface area contributed by atoms with Crippen LogP contribution in [0.25, 0.3) is 0 Å². The first-order valence-electron chi connectivity index (χ1n) is 9.38. The van der Waals surface area contributed by atoms with Gasteiger partial charge < -0.3 is 15.4 Å². The summed E-state index contributed by atoms with van der Waals surface area (Å²) in [5, 5.41) is 6.78. The summed E-state index contributed by atoms with van der Waals surface area (Å²) in [6.07, 6.45) is 6.92. The Labute approximate surface area is 179 Å². The van der Waals surface area contributed by atoms with E-state index in [0.29, 0.717) is 12.6 Å². The molecule has 5 nitrogen and oxygen atoms in total. The molecule has 1 atom stereocenters. The molecule has 1 heterocycles. The van der Waals surface area contributed by atoms with Crippen molar-refractivity contribution in [2.45, 2.75) is 51.3 Å². The topological polar surface area (TPSA) is 58.5 Å². The van der Waals surface area contributed by atoms with Gasteiger partial charge >= 0.3 is 0 Å². The van der Waals surface area contributed by atoms with Crippen LogP contribution in [0.2, 0.25) is 0 Å². The van der Waals surface area contributed by atoms with Gasteiger partial charge in [0.15, 0.2) is 5.96 Å². The lowest BCUT2D eigenvalue weighted by Gasteiger charge is -2.18. The lowest BCUT2D eigenvalue weighted by molar-refractivity contribution is 0.201. The van der Waals surface area contributed by atoms with Crippen molar-refractivity contribution in [3.05, 3.63) is 59.8 Å². The summed E-state index contributed by atoms with van der Waals surface area (Å²) in [6.45, 7) is 2.80. The third-order valence-corrected chi connectivity index (χ3v) is 4.73. The lowest BCUT2D eigenvalue weighted by Crippen LogP contribution is -2.38. The molecular formula is C21H29IN4O. The fraction of sp³-hybridized carbons (Fsp3) is 0.429. The predicted molar refractivity (Wildman–Crippen MR) is 121 cm³/mol. The highest BCUT2D eigenvalue weighted by Gasteiger charge is 2.17. The number of nitrogens with one attached hydrogen (secondary N) is 2. The maximum Gasteiger partial charge on any atom is 0.213 e. The van der Waals surface area contributed by atoms with Crippen LogP contribution in [-0.2, 0) is 6.54 Å². The van der Waals surface area contributed by atoms with Crippen LogP contribution in [0.1, 0.15) is 49.8 Å². The minimum Gasteiger partial charge on any atom is -0.474 e. The van der Waals surface area contributed by atoms with E-state index >= 15 is 0 Å². The average Bonchev–Trinajstić information content (AvgIpc) is 3.19. The summed E-state index contributed by atoms with van der Waals surface area (Å²) in [7, 11) is 1.79. The van der Waals surface area contributed by atoms with Crippen LogP contribution in [0, 0.1) is 0 Å². The molecule has 0 spiro atoms. The summed E-state index contributed by atoms with van der Waals surface area (Å²) < 4.78 is 5.99. The molecule has 2 N–H and O–H groups in total. The number of guanidine groups is 1. The quantitative estimate of drug-likeness (QED) is 0.365. The van der Waals surface area contributed by atoms with Crippen LogP contribution in [0.15, 0.2) is 53.7 Å². The van der Waals surface area contributed by atoms with E-state index in [-0.39, 0.29) is 30.0 Å². The summed E-state index contributed by atoms with van der Waals surface area (Å²) in [5.41, 5.74) is 2.36. The van der Waals surface area contributed by atoms with Gasteiger partial charge in [0.1, 0.15) is 6.10 Å². The molecule has 1 aliphatic carbocycles. The minimum atomic E-state index is 0. The number of aromatic nitrogens is 1. The van der Waals surface area contributed by atoms with Crippen LogP contribution in [-0.4, -0.2) is 24.1 Å². The lowest BCUT2D eigenvalue weighted by atomic mass is 10.1. The molecule has 1 fully saturated rings. The summed E-state index contributed by atoms with van der Waals surface area (Å²) in [4.78, 5) is 8.66. The molecule has 0 amide bonds. The number of hydrogen-bond acceptors (Lipinski definition) is 3. The number of nitrogens with zero attached hydrogens (tertiary/aromatic N) is 2. The maximum atomic E-state index is 5.99. The Kier molecular flexibility index (Phi) is 8.84. The molecule has 0 aliphatic heterocycles. The van der Waals surface area contributed by atoms with Gasteiger partial charge in [-0.25, -0.2) is 4.98 Å². The van der Waals surface area contributed by atoms with E-state index in [1.165, 1.54) is 18.4 Å². The Balaban J connectivity index is 0.00000261. The van der Waals surface area contributed by atoms with E-state index in [1.807, 2.05) is 36.5 Å². The van der Waals surface area contributed by atoms with E-state index in [9.17, 15) is 0 Å². The van der Waals surface area contributed by atoms with Crippen molar-refractivity contribution in [2.75, 3.05) is 7.05 Å². The van der Waals surface area contributed by atoms with Gasteiger partial charge in [0.2, 0.25) is 5.88 Å². The number of ether oxygens (including phenoxy) is 1. The number of hydrogen-bond donors (Lipinski definition) is 2. The van der Waals surface area contributed by atoms with Gasteiger partial charge in [-0.15, -0.1) is 24.0 Å². The summed E-state index contributed by atoms with van der Waals surface area (Å²) in [6, 6.07) is 14.5. The molecule has 6 heteroatoms. The van der Waals surface area contributed by atoms with E-state index < -0.39 is 0 Å². The molecule has 1 aromatic heterocycles. The number of pyridine rings is 1. The normalized spacial score (nSPS) is 15.7. The Morgan fingerprint density at radius 2 is 1.96 bits per heavy atom. The zero-order chi connectivity index (χ0) is 18.2. The Morgan fingerprint density at radius 3 is 2.67 bits per heavy atom. The van der Waals surface area contributed by atoms with Crippen molar-refractivity contribution in [3.63, 3.8) is 0 Å². The number of halogens is 1. The second-order valence-electron chi connectivity index (χ2n) is 6.73. The van der Waals surface area contributed by atoms with Crippen molar-refractivity contribution in [2.24, 2.45) is 4.99 Å². The van der Waals surface area contributed by atoms with Crippen LogP contribution in [0.3, 0.4) is 0 Å². The largest absolute Gasteiger partial charge is 0.474 e. The van der Waals surface area contributed by atoms with Crippen molar-refractivity contribution < 1.29 is 4.74 Å². The number of aliphatic imine (C=N–C) groups is 1. The van der Waals surface area contributed by atoms with Gasteiger partial charge in [0.05, 0.1) is 6.04 Å². The molecular weight excluding hydrogens is 451 g/mol. The average molecular weight is 480 g/mol. The zero-order valence-corrected chi connectivity index (χ0v) is 18.4. The highest BCUT2D eigenvalue weighted by molar-refractivity contribution is 14.0. The van der Waals surface area contributed by atoms with Crippen LogP contribution >= 0.6 is 24.0 Å². The van der Waals surface area contributed by atoms with E-state index in [1.54, 1.807) is 7.05 Å². The van der Waals surface area contributed by atoms with E-state index in [4.69, 9.17) is 4.74 Å². The summed E-state index contributed by atoms with van der Waals surface area (Å²) in [5.74, 6) is 1.49. The molecule has 1 saturated carbocycles. The SMILES string of the molecule is CN=C(NCc1ccnc(OC2CCCC2)c1)NC(C)c1ccccc1.I. The monoisotopic (exact) mass is 480 g/mol. The smallest absolute Gasteiger partial charge is 0.213 e. The van der Waals surface area contributed by atoms with Gasteiger partial charge in [0.25, 0.3) is 0 Å². The first kappa shape index (κ1) is 21.5. The van der Waals surface area contributed by atoms with Gasteiger partial charge in [-0.3, -0.25) is 4.99 Å². The molecule has 2 aromatic rings. The van der Waals surface area contributed by atoms with Crippen molar-refractivity contribution in [1.29, 1.82) is 0 Å². The van der Waals surface area contributed by atoms with Gasteiger partial charge in [-0.1, -0.05) is 30.3 Å². The van der Waals surface area contributed by atoms with Gasteiger partial charge in [0, 0.05) is 25.9 Å². The van der Waals surface area contributed by atoms with Crippen molar-refractivity contribution in [3.8, 4) is 5.88 Å². The van der Waals surface area contributed by atoms with Gasteiger partial charge in [-0.05, 0) is 49.8 Å². The number of rotatable bonds is 6. The van der Waals surface area contributed by atoms with Crippen molar-refractivity contribution >= 4 is 29.9 Å². The highest BCUT2D eigenvalue weighted by Crippen LogP contribution is 2.23. The predicted octanol–water partition coefficient (Wildman–Crippen LogP) is 4.45. The molecule has 1 aliphatic rings. The first-order chi connectivity index (χ1) is 12.7. The van der Waals surface area contributed by atoms with E-state index in [0.717, 1.165) is 30.2 Å². The third kappa shape index (κ3) is 6.68. The second-order valence-corrected chi connectivity index (χ2v) is 6.73. The molecule has 3 rings (SSSR count). The molecule has 27 heavy (non-hydrogen) atoms. The maximum absolute atomic E-state index is 5.99. The standard InChI is InChI=1S/C21H28N4O.HI/c1-16(18-8-4-3-5-9-18)25-21(22-2)24-15-17-12-13-23-20(14-17)26-19-10-6-7-11-19;/h3-5,8-9,12-14,16,19H,6-7,10-11,15H2,1-2H3,(H2,22,24,25);1H. The van der Waals surface area contributed by atoms with Crippen LogP contribution in [0.4, 0.5) is 0 Å². The molecule has 146 valence electrons. The minimum absolute atomic E-state index is 0. The Hall–Kier alpha value is -1.83. The summed E-state index contributed by atoms with van der Waals surface area (Å²) >= 11 is 0. The van der Waals surface area contributed by atoms with Gasteiger partial charge in [-0.2, -0.15) is 0 Å². The van der Waals surface area contributed by atoms with Crippen LogP contribution in [0.5, 0.6) is 5.88 Å². The number of benzene rings is 1. The fourth-order valence-electron chi connectivity index (χ4n) is 3.21. The second kappa shape index (κ2) is 11.1. The Morgan fingerprint density at radius 1 is 1.22 bits per heavy atom. The molecule has 0 radical (unpaired) electrons. The van der Waals surface area contributed by atoms with Crippen LogP contribution < -0.4 is 15.4 Å². The zero-order valence-electron chi connectivity index (χ0n) is 16.0. The molecule has 1 aromatic carbocycles. The third-order valence-electron chi connectivity index (χ3n) is 4.73. The molecule has 0 saturated heterocycles. The molecule has 0 bridgehead atoms. The fourth-order valence-corrected chi connectivity index (χ4v) is 3.21.